The minimum Gasteiger partial charge on any atom is -0.298 e. The van der Waals surface area contributed by atoms with Crippen LogP contribution in [0.3, 0.4) is 0 Å². The van der Waals surface area contributed by atoms with Gasteiger partial charge in [-0.2, -0.15) is 0 Å². The number of hydrogen-bond donors (Lipinski definition) is 0. The average Bonchev–Trinajstić information content (AvgIpc) is 2.30. The highest BCUT2D eigenvalue weighted by Gasteiger charge is 2.05. The maximum Gasteiger partial charge on any atom is 0.151 e. The Morgan fingerprint density at radius 1 is 0.933 bits per heavy atom. The first-order chi connectivity index (χ1) is 7.33. The van der Waals surface area contributed by atoms with Crippen molar-refractivity contribution in [2.75, 3.05) is 0 Å². The van der Waals surface area contributed by atoms with Gasteiger partial charge in [-0.3, -0.25) is 4.79 Å². The molecule has 15 heavy (non-hydrogen) atoms. The van der Waals surface area contributed by atoms with E-state index in [1.807, 2.05) is 42.5 Å². The zero-order chi connectivity index (χ0) is 10.7. The van der Waals surface area contributed by atoms with Gasteiger partial charge in [0.15, 0.2) is 6.29 Å². The Labute approximate surface area is 96.9 Å². The Morgan fingerprint density at radius 2 is 1.67 bits per heavy atom. The molecule has 0 unspecified atom stereocenters. The van der Waals surface area contributed by atoms with Crippen molar-refractivity contribution in [2.24, 2.45) is 0 Å². The highest BCUT2D eigenvalue weighted by atomic mass is 79.9. The molecule has 0 spiro atoms. The van der Waals surface area contributed by atoms with Crippen LogP contribution >= 0.6 is 15.9 Å². The van der Waals surface area contributed by atoms with Crippen molar-refractivity contribution >= 4 is 22.2 Å². The van der Waals surface area contributed by atoms with Gasteiger partial charge in [0.05, 0.1) is 0 Å². The fraction of sp³-hybridized carbons (Fsp3) is 0. The van der Waals surface area contributed by atoms with E-state index < -0.39 is 0 Å². The van der Waals surface area contributed by atoms with E-state index in [2.05, 4.69) is 15.9 Å². The van der Waals surface area contributed by atoms with Gasteiger partial charge in [-0.05, 0) is 27.1 Å². The van der Waals surface area contributed by atoms with E-state index in [9.17, 15) is 4.79 Å². The Kier molecular flexibility index (Phi) is 2.97. The summed E-state index contributed by atoms with van der Waals surface area (Å²) < 4.78 is 0.853. The zero-order valence-electron chi connectivity index (χ0n) is 7.98. The predicted molar refractivity (Wildman–Crippen MR) is 65.0 cm³/mol. The smallest absolute Gasteiger partial charge is 0.151 e. The number of halogens is 1. The SMILES string of the molecule is O=Cc1cccc(-c2ccccc2)c1Br. The van der Waals surface area contributed by atoms with Crippen LogP contribution < -0.4 is 0 Å². The molecule has 1 nitrogen and oxygen atoms in total. The number of rotatable bonds is 2. The van der Waals surface area contributed by atoms with Crippen LogP contribution in [0.2, 0.25) is 0 Å². The van der Waals surface area contributed by atoms with Gasteiger partial charge in [0.2, 0.25) is 0 Å². The fourth-order valence-corrected chi connectivity index (χ4v) is 2.07. The van der Waals surface area contributed by atoms with Crippen LogP contribution in [0.15, 0.2) is 53.0 Å². The second-order valence-electron chi connectivity index (χ2n) is 3.19. The second-order valence-corrected chi connectivity index (χ2v) is 3.99. The Bertz CT molecular complexity index is 477. The van der Waals surface area contributed by atoms with E-state index in [0.29, 0.717) is 5.56 Å². The molecule has 0 aliphatic heterocycles. The summed E-state index contributed by atoms with van der Waals surface area (Å²) in [6.07, 6.45) is 0.858. The van der Waals surface area contributed by atoms with Gasteiger partial charge in [-0.25, -0.2) is 0 Å². The topological polar surface area (TPSA) is 17.1 Å². The Balaban J connectivity index is 2.59. The van der Waals surface area contributed by atoms with Crippen LogP contribution in [0.5, 0.6) is 0 Å². The summed E-state index contributed by atoms with van der Waals surface area (Å²) in [5.74, 6) is 0. The Morgan fingerprint density at radius 3 is 2.33 bits per heavy atom. The molecule has 0 atom stereocenters. The average molecular weight is 261 g/mol. The first-order valence-corrected chi connectivity index (χ1v) is 5.41. The highest BCUT2D eigenvalue weighted by Crippen LogP contribution is 2.29. The van der Waals surface area contributed by atoms with Crippen LogP contribution in [0.4, 0.5) is 0 Å². The maximum absolute atomic E-state index is 10.8. The summed E-state index contributed by atoms with van der Waals surface area (Å²) in [6.45, 7) is 0. The van der Waals surface area contributed by atoms with Crippen LogP contribution in [-0.2, 0) is 0 Å². The van der Waals surface area contributed by atoms with Crippen LogP contribution in [0, 0.1) is 0 Å². The maximum atomic E-state index is 10.8. The van der Waals surface area contributed by atoms with Crippen molar-refractivity contribution in [2.45, 2.75) is 0 Å². The molecule has 0 saturated carbocycles. The van der Waals surface area contributed by atoms with E-state index in [-0.39, 0.29) is 0 Å². The zero-order valence-corrected chi connectivity index (χ0v) is 9.57. The van der Waals surface area contributed by atoms with Crippen LogP contribution in [0.25, 0.3) is 11.1 Å². The Hall–Kier alpha value is -1.41. The first kappa shape index (κ1) is 10.1. The minimum absolute atomic E-state index is 0.677. The van der Waals surface area contributed by atoms with Crippen molar-refractivity contribution in [1.82, 2.24) is 0 Å². The molecule has 0 aliphatic rings. The molecule has 2 aromatic carbocycles. The molecule has 0 aromatic heterocycles. The summed E-state index contributed by atoms with van der Waals surface area (Å²) in [5, 5.41) is 0. The van der Waals surface area contributed by atoms with Crippen molar-refractivity contribution in [3.05, 3.63) is 58.6 Å². The lowest BCUT2D eigenvalue weighted by molar-refractivity contribution is 0.112. The molecular formula is C13H9BrO. The number of carbonyl (C=O) groups excluding carboxylic acids is 1. The van der Waals surface area contributed by atoms with Gasteiger partial charge in [0, 0.05) is 10.0 Å². The molecule has 2 rings (SSSR count). The standard InChI is InChI=1S/C13H9BrO/c14-13-11(9-15)7-4-8-12(13)10-5-2-1-3-6-10/h1-9H. The fourth-order valence-electron chi connectivity index (χ4n) is 1.48. The van der Waals surface area contributed by atoms with Crippen molar-refractivity contribution in [3.8, 4) is 11.1 Å². The van der Waals surface area contributed by atoms with Gasteiger partial charge in [-0.15, -0.1) is 0 Å². The van der Waals surface area contributed by atoms with Gasteiger partial charge in [0.25, 0.3) is 0 Å². The van der Waals surface area contributed by atoms with Gasteiger partial charge in [-0.1, -0.05) is 48.5 Å². The van der Waals surface area contributed by atoms with Gasteiger partial charge >= 0.3 is 0 Å². The van der Waals surface area contributed by atoms with Crippen molar-refractivity contribution in [1.29, 1.82) is 0 Å². The summed E-state index contributed by atoms with van der Waals surface area (Å²) >= 11 is 3.45. The quantitative estimate of drug-likeness (QED) is 0.748. The predicted octanol–water partition coefficient (Wildman–Crippen LogP) is 3.93. The molecule has 0 saturated heterocycles. The summed E-state index contributed by atoms with van der Waals surface area (Å²) in [4.78, 5) is 10.8. The number of hydrogen-bond acceptors (Lipinski definition) is 1. The largest absolute Gasteiger partial charge is 0.298 e. The van der Waals surface area contributed by atoms with Crippen LogP contribution in [-0.4, -0.2) is 6.29 Å². The first-order valence-electron chi connectivity index (χ1n) is 4.62. The third kappa shape index (κ3) is 2.00. The van der Waals surface area contributed by atoms with E-state index >= 15 is 0 Å². The summed E-state index contributed by atoms with van der Waals surface area (Å²) in [7, 11) is 0. The lowest BCUT2D eigenvalue weighted by atomic mass is 10.0. The molecule has 0 aliphatic carbocycles. The van der Waals surface area contributed by atoms with E-state index in [4.69, 9.17) is 0 Å². The summed E-state index contributed by atoms with van der Waals surface area (Å²) in [5.41, 5.74) is 2.82. The normalized spacial score (nSPS) is 9.93. The lowest BCUT2D eigenvalue weighted by Crippen LogP contribution is -1.86. The molecule has 0 bridgehead atoms. The molecule has 0 heterocycles. The van der Waals surface area contributed by atoms with E-state index in [1.54, 1.807) is 6.07 Å². The second kappa shape index (κ2) is 4.41. The lowest BCUT2D eigenvalue weighted by Gasteiger charge is -2.05. The monoisotopic (exact) mass is 260 g/mol. The van der Waals surface area contributed by atoms with Crippen molar-refractivity contribution < 1.29 is 4.79 Å². The highest BCUT2D eigenvalue weighted by molar-refractivity contribution is 9.10. The van der Waals surface area contributed by atoms with Gasteiger partial charge < -0.3 is 0 Å². The molecule has 2 heteroatoms. The molecular weight excluding hydrogens is 252 g/mol. The number of benzene rings is 2. The third-order valence-corrected chi connectivity index (χ3v) is 3.13. The third-order valence-electron chi connectivity index (χ3n) is 2.24. The minimum atomic E-state index is 0.677. The molecule has 0 N–H and O–H groups in total. The summed E-state index contributed by atoms with van der Waals surface area (Å²) in [6, 6.07) is 15.7. The molecule has 74 valence electrons. The number of carbonyl (C=O) groups is 1. The molecule has 2 aromatic rings. The van der Waals surface area contributed by atoms with Crippen LogP contribution in [0.1, 0.15) is 10.4 Å². The molecule has 0 fully saturated rings. The van der Waals surface area contributed by atoms with E-state index in [1.165, 1.54) is 0 Å². The van der Waals surface area contributed by atoms with Crippen molar-refractivity contribution in [3.63, 3.8) is 0 Å². The van der Waals surface area contributed by atoms with E-state index in [0.717, 1.165) is 21.9 Å². The van der Waals surface area contributed by atoms with Gasteiger partial charge in [0.1, 0.15) is 0 Å². The molecule has 0 amide bonds. The number of aldehydes is 1. The molecule has 0 radical (unpaired) electrons.